The summed E-state index contributed by atoms with van der Waals surface area (Å²) >= 11 is 1.88. The molecular formula is C11H19F3N2S. The Hall–Kier alpha value is 0.0600. The fraction of sp³-hybridized carbons (Fsp3) is 1.00. The number of nitrogens with one attached hydrogen (secondary N) is 1. The third kappa shape index (κ3) is 3.76. The Balaban J connectivity index is 1.91. The van der Waals surface area contributed by atoms with Crippen LogP contribution < -0.4 is 5.32 Å². The van der Waals surface area contributed by atoms with E-state index in [2.05, 4.69) is 5.32 Å². The van der Waals surface area contributed by atoms with Crippen LogP contribution in [0.25, 0.3) is 0 Å². The average Bonchev–Trinajstić information content (AvgIpc) is 2.30. The molecule has 2 fully saturated rings. The van der Waals surface area contributed by atoms with Crippen LogP contribution in [0.15, 0.2) is 0 Å². The third-order valence-corrected chi connectivity index (χ3v) is 4.76. The second kappa shape index (κ2) is 5.80. The Kier molecular flexibility index (Phi) is 4.60. The van der Waals surface area contributed by atoms with Gasteiger partial charge in [-0.25, -0.2) is 0 Å². The third-order valence-electron chi connectivity index (χ3n) is 3.48. The van der Waals surface area contributed by atoms with Crippen LogP contribution in [0.5, 0.6) is 0 Å². The standard InChI is InChI=1S/C11H19F3N2S/c12-11(13,14)10-6-15-3-4-16(10)7-9-2-1-5-17-8-9/h9-10,15H,1-8H2. The van der Waals surface area contributed by atoms with Crippen LogP contribution in [0.3, 0.4) is 0 Å². The lowest BCUT2D eigenvalue weighted by atomic mass is 10.0. The highest BCUT2D eigenvalue weighted by Gasteiger charge is 2.44. The molecule has 0 aromatic heterocycles. The first-order valence-corrected chi connectivity index (χ1v) is 7.32. The zero-order chi connectivity index (χ0) is 12.3. The molecule has 2 nitrogen and oxygen atoms in total. The summed E-state index contributed by atoms with van der Waals surface area (Å²) < 4.78 is 38.6. The molecule has 100 valence electrons. The highest BCUT2D eigenvalue weighted by atomic mass is 32.2. The van der Waals surface area contributed by atoms with Crippen LogP contribution >= 0.6 is 11.8 Å². The van der Waals surface area contributed by atoms with E-state index in [1.807, 2.05) is 11.8 Å². The molecule has 0 spiro atoms. The maximum absolute atomic E-state index is 12.9. The molecule has 17 heavy (non-hydrogen) atoms. The second-order valence-electron chi connectivity index (χ2n) is 4.84. The Morgan fingerprint density at radius 3 is 2.82 bits per heavy atom. The second-order valence-corrected chi connectivity index (χ2v) is 5.99. The fourth-order valence-electron chi connectivity index (χ4n) is 2.57. The Morgan fingerprint density at radius 2 is 2.18 bits per heavy atom. The van der Waals surface area contributed by atoms with Gasteiger partial charge < -0.3 is 5.32 Å². The molecule has 0 amide bonds. The number of thioether (sulfide) groups is 1. The fourth-order valence-corrected chi connectivity index (χ4v) is 3.71. The molecule has 2 aliphatic heterocycles. The maximum Gasteiger partial charge on any atom is 0.405 e. The molecule has 6 heteroatoms. The monoisotopic (exact) mass is 268 g/mol. The molecule has 0 radical (unpaired) electrons. The van der Waals surface area contributed by atoms with Crippen molar-refractivity contribution in [1.82, 2.24) is 10.2 Å². The molecule has 2 atom stereocenters. The first-order valence-electron chi connectivity index (χ1n) is 6.16. The number of halogens is 3. The maximum atomic E-state index is 12.9. The van der Waals surface area contributed by atoms with E-state index < -0.39 is 12.2 Å². The van der Waals surface area contributed by atoms with E-state index in [0.29, 0.717) is 25.6 Å². The lowest BCUT2D eigenvalue weighted by Gasteiger charge is -2.39. The summed E-state index contributed by atoms with van der Waals surface area (Å²) in [4.78, 5) is 1.63. The Morgan fingerprint density at radius 1 is 1.35 bits per heavy atom. The van der Waals surface area contributed by atoms with Gasteiger partial charge >= 0.3 is 6.18 Å². The molecule has 2 rings (SSSR count). The SMILES string of the molecule is FC(F)(F)C1CNCCN1CC1CCCSC1. The highest BCUT2D eigenvalue weighted by Crippen LogP contribution is 2.29. The molecule has 2 aliphatic rings. The minimum absolute atomic E-state index is 0.0450. The van der Waals surface area contributed by atoms with Crippen molar-refractivity contribution < 1.29 is 13.2 Å². The van der Waals surface area contributed by atoms with Gasteiger partial charge in [-0.1, -0.05) is 0 Å². The Labute approximate surface area is 104 Å². The minimum atomic E-state index is -4.10. The lowest BCUT2D eigenvalue weighted by molar-refractivity contribution is -0.188. The Bertz CT molecular complexity index is 241. The van der Waals surface area contributed by atoms with Gasteiger partial charge in [-0.2, -0.15) is 24.9 Å². The van der Waals surface area contributed by atoms with Crippen molar-refractivity contribution in [2.24, 2.45) is 5.92 Å². The number of alkyl halides is 3. The molecule has 0 aromatic rings. The molecule has 2 heterocycles. The van der Waals surface area contributed by atoms with Gasteiger partial charge in [0.25, 0.3) is 0 Å². The van der Waals surface area contributed by atoms with Gasteiger partial charge in [-0.05, 0) is 30.3 Å². The quantitative estimate of drug-likeness (QED) is 0.824. The molecular weight excluding hydrogens is 249 g/mol. The summed E-state index contributed by atoms with van der Waals surface area (Å²) in [6, 6.07) is -1.29. The molecule has 0 bridgehead atoms. The van der Waals surface area contributed by atoms with Gasteiger partial charge in [-0.15, -0.1) is 0 Å². The van der Waals surface area contributed by atoms with Crippen LogP contribution in [0.4, 0.5) is 13.2 Å². The van der Waals surface area contributed by atoms with E-state index in [-0.39, 0.29) is 6.54 Å². The summed E-state index contributed by atoms with van der Waals surface area (Å²) in [6.45, 7) is 1.85. The molecule has 2 unspecified atom stereocenters. The van der Waals surface area contributed by atoms with E-state index in [1.165, 1.54) is 5.75 Å². The molecule has 2 saturated heterocycles. The summed E-state index contributed by atoms with van der Waals surface area (Å²) in [5, 5.41) is 2.84. The van der Waals surface area contributed by atoms with Crippen molar-refractivity contribution in [2.45, 2.75) is 25.1 Å². The van der Waals surface area contributed by atoms with Crippen molar-refractivity contribution in [2.75, 3.05) is 37.7 Å². The summed E-state index contributed by atoms with van der Waals surface area (Å²) in [6.07, 6.45) is -1.87. The van der Waals surface area contributed by atoms with Crippen LogP contribution in [0.1, 0.15) is 12.8 Å². The smallest absolute Gasteiger partial charge is 0.314 e. The summed E-state index contributed by atoms with van der Waals surface area (Å²) in [5.41, 5.74) is 0. The number of hydrogen-bond donors (Lipinski definition) is 1. The number of hydrogen-bond acceptors (Lipinski definition) is 3. The predicted octanol–water partition coefficient (Wildman–Crippen LogP) is 1.97. The van der Waals surface area contributed by atoms with Crippen LogP contribution in [0, 0.1) is 5.92 Å². The molecule has 1 N–H and O–H groups in total. The first-order chi connectivity index (χ1) is 8.07. The number of piperazine rings is 1. The topological polar surface area (TPSA) is 15.3 Å². The molecule has 0 aliphatic carbocycles. The van der Waals surface area contributed by atoms with E-state index in [9.17, 15) is 13.2 Å². The summed E-state index contributed by atoms with van der Waals surface area (Å²) in [7, 11) is 0. The van der Waals surface area contributed by atoms with Crippen molar-refractivity contribution in [1.29, 1.82) is 0 Å². The van der Waals surface area contributed by atoms with Crippen molar-refractivity contribution >= 4 is 11.8 Å². The van der Waals surface area contributed by atoms with Crippen molar-refractivity contribution in [3.05, 3.63) is 0 Å². The van der Waals surface area contributed by atoms with E-state index >= 15 is 0 Å². The summed E-state index contributed by atoms with van der Waals surface area (Å²) in [5.74, 6) is 2.63. The van der Waals surface area contributed by atoms with Gasteiger partial charge in [0.1, 0.15) is 6.04 Å². The van der Waals surface area contributed by atoms with Gasteiger partial charge in [0.15, 0.2) is 0 Å². The van der Waals surface area contributed by atoms with E-state index in [0.717, 1.165) is 18.6 Å². The van der Waals surface area contributed by atoms with Gasteiger partial charge in [0, 0.05) is 26.2 Å². The van der Waals surface area contributed by atoms with E-state index in [4.69, 9.17) is 0 Å². The lowest BCUT2D eigenvalue weighted by Crippen LogP contribution is -2.58. The average molecular weight is 268 g/mol. The minimum Gasteiger partial charge on any atom is -0.314 e. The molecule has 0 saturated carbocycles. The van der Waals surface area contributed by atoms with Crippen LogP contribution in [-0.2, 0) is 0 Å². The van der Waals surface area contributed by atoms with Crippen LogP contribution in [-0.4, -0.2) is 54.8 Å². The normalized spacial score (nSPS) is 32.6. The van der Waals surface area contributed by atoms with Crippen LogP contribution in [0.2, 0.25) is 0 Å². The number of nitrogens with zero attached hydrogens (tertiary/aromatic N) is 1. The zero-order valence-electron chi connectivity index (χ0n) is 9.80. The molecule has 0 aromatic carbocycles. The first kappa shape index (κ1) is 13.5. The van der Waals surface area contributed by atoms with Crippen molar-refractivity contribution in [3.63, 3.8) is 0 Å². The highest BCUT2D eigenvalue weighted by molar-refractivity contribution is 7.99. The largest absolute Gasteiger partial charge is 0.405 e. The van der Waals surface area contributed by atoms with E-state index in [1.54, 1.807) is 4.90 Å². The zero-order valence-corrected chi connectivity index (χ0v) is 10.6. The predicted molar refractivity (Wildman–Crippen MR) is 64.3 cm³/mol. The number of rotatable bonds is 2. The van der Waals surface area contributed by atoms with Crippen molar-refractivity contribution in [3.8, 4) is 0 Å². The van der Waals surface area contributed by atoms with Gasteiger partial charge in [0.2, 0.25) is 0 Å². The van der Waals surface area contributed by atoms with Gasteiger partial charge in [-0.3, -0.25) is 4.90 Å². The van der Waals surface area contributed by atoms with Gasteiger partial charge in [0.05, 0.1) is 0 Å².